The van der Waals surface area contributed by atoms with Gasteiger partial charge in [-0.05, 0) is 40.0 Å². The lowest BCUT2D eigenvalue weighted by Crippen LogP contribution is -2.35. The molecule has 4 nitrogen and oxygen atoms in total. The summed E-state index contributed by atoms with van der Waals surface area (Å²) in [4.78, 5) is 14.0. The Balaban J connectivity index is 1.09. The number of amidine groups is 2. The minimum atomic E-state index is -0.342. The highest BCUT2D eigenvalue weighted by Crippen LogP contribution is 2.58. The van der Waals surface area contributed by atoms with Crippen molar-refractivity contribution < 1.29 is 0 Å². The number of nitrogens with one attached hydrogen (secondary N) is 1. The Bertz CT molecular complexity index is 2040. The average Bonchev–Trinajstić information content (AvgIpc) is 3.67. The molecular formula is C41H30N4S. The number of thioether (sulfide) groups is 1. The number of hydrogen-bond donors (Lipinski definition) is 1. The molecule has 3 heterocycles. The van der Waals surface area contributed by atoms with Crippen molar-refractivity contribution in [3.63, 3.8) is 0 Å². The van der Waals surface area contributed by atoms with Crippen molar-refractivity contribution >= 4 is 34.7 Å². The van der Waals surface area contributed by atoms with Crippen LogP contribution in [0.15, 0.2) is 178 Å². The maximum Gasteiger partial charge on any atom is 0.169 e. The Labute approximate surface area is 273 Å². The topological polar surface area (TPSA) is 40.0 Å². The van der Waals surface area contributed by atoms with E-state index in [1.54, 1.807) is 0 Å². The summed E-state index contributed by atoms with van der Waals surface area (Å²) in [6.45, 7) is 0. The van der Waals surface area contributed by atoms with E-state index in [0.29, 0.717) is 5.92 Å². The third-order valence-electron chi connectivity index (χ3n) is 9.07. The van der Waals surface area contributed by atoms with Gasteiger partial charge in [-0.15, -0.1) is 0 Å². The van der Waals surface area contributed by atoms with Crippen molar-refractivity contribution in [2.45, 2.75) is 17.1 Å². The van der Waals surface area contributed by atoms with Crippen LogP contribution >= 0.6 is 11.8 Å². The lowest BCUT2D eigenvalue weighted by molar-refractivity contribution is 0.709. The van der Waals surface area contributed by atoms with Crippen LogP contribution in [0.1, 0.15) is 28.4 Å². The molecule has 1 aliphatic carbocycles. The first-order valence-electron chi connectivity index (χ1n) is 15.7. The lowest BCUT2D eigenvalue weighted by Gasteiger charge is -2.27. The zero-order valence-corrected chi connectivity index (χ0v) is 25.8. The molecule has 0 aromatic heterocycles. The second kappa shape index (κ2) is 11.2. The summed E-state index contributed by atoms with van der Waals surface area (Å²) in [5, 5.41) is 4.82. The highest BCUT2D eigenvalue weighted by molar-refractivity contribution is 8.04. The van der Waals surface area contributed by atoms with Crippen LogP contribution in [0.2, 0.25) is 0 Å². The third-order valence-corrected chi connectivity index (χ3v) is 10.2. The van der Waals surface area contributed by atoms with Crippen molar-refractivity contribution in [3.8, 4) is 11.1 Å². The summed E-state index contributed by atoms with van der Waals surface area (Å²) in [5.74, 6) is 1.96. The highest BCUT2D eigenvalue weighted by atomic mass is 32.2. The predicted octanol–water partition coefficient (Wildman–Crippen LogP) is 9.25. The van der Waals surface area contributed by atoms with E-state index in [2.05, 4.69) is 132 Å². The number of benzene rings is 5. The zero-order chi connectivity index (χ0) is 30.5. The maximum absolute atomic E-state index is 5.08. The third kappa shape index (κ3) is 4.63. The van der Waals surface area contributed by atoms with Crippen LogP contribution in [0.4, 0.5) is 5.69 Å². The maximum atomic E-state index is 5.08. The summed E-state index contributed by atoms with van der Waals surface area (Å²) in [6.07, 6.45) is 8.74. The number of rotatable bonds is 5. The van der Waals surface area contributed by atoms with E-state index in [1.807, 2.05) is 48.2 Å². The van der Waals surface area contributed by atoms with Crippen LogP contribution in [0.25, 0.3) is 16.7 Å². The largest absolute Gasteiger partial charge is 0.327 e. The Morgan fingerprint density at radius 1 is 0.565 bits per heavy atom. The van der Waals surface area contributed by atoms with Gasteiger partial charge in [0.2, 0.25) is 0 Å². The van der Waals surface area contributed by atoms with Gasteiger partial charge in [-0.2, -0.15) is 0 Å². The molecule has 0 spiro atoms. The van der Waals surface area contributed by atoms with Crippen molar-refractivity contribution in [3.05, 3.63) is 185 Å². The summed E-state index contributed by atoms with van der Waals surface area (Å²) in [5.41, 5.74) is 9.57. The monoisotopic (exact) mass is 610 g/mol. The molecule has 46 heavy (non-hydrogen) atoms. The summed E-state index contributed by atoms with van der Waals surface area (Å²) in [7, 11) is 0. The number of nitrogens with zero attached hydrogens (tertiary/aromatic N) is 3. The van der Waals surface area contributed by atoms with Crippen molar-refractivity contribution in [1.82, 2.24) is 5.32 Å². The molecular weight excluding hydrogens is 581 g/mol. The van der Waals surface area contributed by atoms with E-state index < -0.39 is 0 Å². The van der Waals surface area contributed by atoms with Crippen LogP contribution in [0.5, 0.6) is 0 Å². The van der Waals surface area contributed by atoms with E-state index in [-0.39, 0.29) is 12.2 Å². The minimum absolute atomic E-state index is 0.270. The molecule has 2 atom stereocenters. The number of allylic oxidation sites excluding steroid dienone is 2. The van der Waals surface area contributed by atoms with E-state index in [9.17, 15) is 0 Å². The smallest absolute Gasteiger partial charge is 0.169 e. The molecule has 4 aliphatic rings. The summed E-state index contributed by atoms with van der Waals surface area (Å²) in [6, 6.07) is 47.3. The van der Waals surface area contributed by atoms with E-state index in [0.717, 1.165) is 28.4 Å². The molecule has 0 radical (unpaired) electrons. The number of aliphatic imine (C=N–C) groups is 2. The van der Waals surface area contributed by atoms with Gasteiger partial charge in [-0.1, -0.05) is 157 Å². The lowest BCUT2D eigenvalue weighted by atomic mass is 9.87. The molecule has 3 aliphatic heterocycles. The first-order valence-corrected chi connectivity index (χ1v) is 16.5. The van der Waals surface area contributed by atoms with Crippen molar-refractivity contribution in [2.24, 2.45) is 15.9 Å². The molecule has 5 aromatic rings. The molecule has 1 N–H and O–H groups in total. The van der Waals surface area contributed by atoms with Gasteiger partial charge >= 0.3 is 0 Å². The first-order chi connectivity index (χ1) is 22.8. The first kappa shape index (κ1) is 27.0. The van der Waals surface area contributed by atoms with Crippen LogP contribution in [-0.2, 0) is 0 Å². The van der Waals surface area contributed by atoms with Gasteiger partial charge in [0.15, 0.2) is 6.17 Å². The van der Waals surface area contributed by atoms with Crippen LogP contribution in [0, 0.1) is 5.92 Å². The number of anilines is 1. The number of hydrogen-bond acceptors (Lipinski definition) is 5. The van der Waals surface area contributed by atoms with Gasteiger partial charge in [-0.25, -0.2) is 9.98 Å². The molecule has 5 heteroatoms. The Kier molecular flexibility index (Phi) is 6.57. The molecule has 0 saturated carbocycles. The van der Waals surface area contributed by atoms with Gasteiger partial charge in [0, 0.05) is 21.9 Å². The molecule has 0 fully saturated rings. The van der Waals surface area contributed by atoms with Gasteiger partial charge in [0.1, 0.15) is 11.7 Å². The molecule has 0 amide bonds. The molecule has 5 aromatic carbocycles. The summed E-state index contributed by atoms with van der Waals surface area (Å²) < 4.78 is 0. The molecule has 0 saturated heterocycles. The SMILES string of the molecule is C1=CC2C(c3ccc(C4N=C(c5ccccc5)NC(c5ccccc5)=N4)cc3)=C3Sc4cc(-c5ccccc5)ccc4N3C2C=C1. The van der Waals surface area contributed by atoms with Crippen LogP contribution in [-0.4, -0.2) is 17.7 Å². The Hall–Kier alpha value is -5.39. The Morgan fingerprint density at radius 3 is 1.80 bits per heavy atom. The van der Waals surface area contributed by atoms with Gasteiger partial charge in [-0.3, -0.25) is 0 Å². The average molecular weight is 611 g/mol. The van der Waals surface area contributed by atoms with Gasteiger partial charge in [0.05, 0.1) is 16.8 Å². The molecule has 2 unspecified atom stereocenters. The van der Waals surface area contributed by atoms with Crippen molar-refractivity contribution in [1.29, 1.82) is 0 Å². The fourth-order valence-corrected chi connectivity index (χ4v) is 8.18. The molecule has 220 valence electrons. The molecule has 9 rings (SSSR count). The van der Waals surface area contributed by atoms with E-state index in [1.165, 1.54) is 37.9 Å². The van der Waals surface area contributed by atoms with Crippen LogP contribution in [0.3, 0.4) is 0 Å². The van der Waals surface area contributed by atoms with E-state index >= 15 is 0 Å². The van der Waals surface area contributed by atoms with Gasteiger partial charge < -0.3 is 10.2 Å². The standard InChI is InChI=1S/C41H30N4S/c1-4-12-27(13-5-1)32-24-25-35-36(26-32)46-41-37(33-18-10-11-19-34(33)45(35)41)28-20-22-31(23-21-28)40-43-38(29-14-6-2-7-15-29)42-39(44-40)30-16-8-3-9-17-30/h1-26,33-34,40H,(H,42,43,44). The van der Waals surface area contributed by atoms with E-state index in [4.69, 9.17) is 9.98 Å². The summed E-state index contributed by atoms with van der Waals surface area (Å²) >= 11 is 1.90. The fraction of sp³-hybridized carbons (Fsp3) is 0.0732. The quantitative estimate of drug-likeness (QED) is 0.216. The predicted molar refractivity (Wildman–Crippen MR) is 191 cm³/mol. The van der Waals surface area contributed by atoms with Crippen LogP contribution < -0.4 is 10.2 Å². The Morgan fingerprint density at radius 2 is 1.15 bits per heavy atom. The highest BCUT2D eigenvalue weighted by Gasteiger charge is 2.44. The second-order valence-corrected chi connectivity index (χ2v) is 12.9. The van der Waals surface area contributed by atoms with Gasteiger partial charge in [0.25, 0.3) is 0 Å². The van der Waals surface area contributed by atoms with Crippen molar-refractivity contribution in [2.75, 3.05) is 4.90 Å². The minimum Gasteiger partial charge on any atom is -0.327 e. The fourth-order valence-electron chi connectivity index (χ4n) is 6.84. The second-order valence-electron chi connectivity index (χ2n) is 11.8. The zero-order valence-electron chi connectivity index (χ0n) is 25.0. The molecule has 0 bridgehead atoms. The normalized spacial score (nSPS) is 19.7. The number of fused-ring (bicyclic) bond motifs is 5.